The average molecular weight is 487 g/mol. The van der Waals surface area contributed by atoms with Gasteiger partial charge in [-0.05, 0) is 42.7 Å². The quantitative estimate of drug-likeness (QED) is 0.228. The second-order valence-electron chi connectivity index (χ2n) is 7.66. The van der Waals surface area contributed by atoms with Crippen molar-refractivity contribution in [3.8, 4) is 0 Å². The number of nitrogens with zero attached hydrogens (tertiary/aromatic N) is 2. The van der Waals surface area contributed by atoms with E-state index in [-0.39, 0.29) is 29.9 Å². The Bertz CT molecular complexity index is 585. The van der Waals surface area contributed by atoms with Gasteiger partial charge in [-0.25, -0.2) is 0 Å². The molecule has 0 aliphatic heterocycles. The van der Waals surface area contributed by atoms with E-state index < -0.39 is 0 Å². The van der Waals surface area contributed by atoms with Gasteiger partial charge in [-0.1, -0.05) is 26.7 Å². The summed E-state index contributed by atoms with van der Waals surface area (Å²) in [6, 6.07) is 3.51. The van der Waals surface area contributed by atoms with E-state index in [0.29, 0.717) is 30.0 Å². The number of aliphatic imine (C=N–C) groups is 1. The Balaban J connectivity index is 0.00000364. The summed E-state index contributed by atoms with van der Waals surface area (Å²) in [6.45, 7) is 6.73. The van der Waals surface area contributed by atoms with Crippen LogP contribution in [0.3, 0.4) is 0 Å². The van der Waals surface area contributed by atoms with E-state index in [2.05, 4.69) is 39.8 Å². The van der Waals surface area contributed by atoms with E-state index >= 15 is 0 Å². The molecular formula is C20H34IN5O. The second-order valence-corrected chi connectivity index (χ2v) is 7.66. The van der Waals surface area contributed by atoms with Crippen LogP contribution >= 0.6 is 24.0 Å². The van der Waals surface area contributed by atoms with Crippen molar-refractivity contribution in [2.75, 3.05) is 26.7 Å². The number of halogens is 1. The average Bonchev–Trinajstić information content (AvgIpc) is 3.09. The van der Waals surface area contributed by atoms with Crippen molar-refractivity contribution in [3.63, 3.8) is 0 Å². The summed E-state index contributed by atoms with van der Waals surface area (Å²) in [5.74, 6) is 1.41. The largest absolute Gasteiger partial charge is 0.356 e. The van der Waals surface area contributed by atoms with E-state index in [1.165, 1.54) is 32.1 Å². The highest BCUT2D eigenvalue weighted by Crippen LogP contribution is 2.42. The topological polar surface area (TPSA) is 78.4 Å². The Kier molecular flexibility index (Phi) is 10.6. The van der Waals surface area contributed by atoms with Crippen LogP contribution in [0.25, 0.3) is 0 Å². The summed E-state index contributed by atoms with van der Waals surface area (Å²) in [7, 11) is 1.79. The number of hydrogen-bond acceptors (Lipinski definition) is 3. The molecule has 1 aromatic rings. The van der Waals surface area contributed by atoms with Crippen molar-refractivity contribution < 1.29 is 4.79 Å². The Morgan fingerprint density at radius 3 is 2.52 bits per heavy atom. The molecule has 1 aromatic heterocycles. The number of nitrogens with one attached hydrogen (secondary N) is 3. The van der Waals surface area contributed by atoms with E-state index in [9.17, 15) is 4.79 Å². The van der Waals surface area contributed by atoms with Crippen molar-refractivity contribution in [1.82, 2.24) is 20.9 Å². The molecule has 2 rings (SSSR count). The highest BCUT2D eigenvalue weighted by Gasteiger charge is 2.34. The molecule has 0 radical (unpaired) electrons. The summed E-state index contributed by atoms with van der Waals surface area (Å²) in [4.78, 5) is 20.2. The van der Waals surface area contributed by atoms with Crippen molar-refractivity contribution in [3.05, 3.63) is 30.1 Å². The summed E-state index contributed by atoms with van der Waals surface area (Å²) < 4.78 is 0. The highest BCUT2D eigenvalue weighted by atomic mass is 127. The molecule has 0 aromatic carbocycles. The van der Waals surface area contributed by atoms with E-state index in [4.69, 9.17) is 0 Å². The zero-order chi connectivity index (χ0) is 18.8. The van der Waals surface area contributed by atoms with Crippen LogP contribution in [0.4, 0.5) is 0 Å². The van der Waals surface area contributed by atoms with Crippen LogP contribution in [-0.2, 0) is 0 Å². The third-order valence-electron chi connectivity index (χ3n) is 4.99. The lowest BCUT2D eigenvalue weighted by atomic mass is 9.78. The van der Waals surface area contributed by atoms with E-state index in [1.54, 1.807) is 31.6 Å². The standard InChI is InChI=1S/C20H33N5O.HI/c1-16(2)13-20(8-4-5-9-20)15-25-19(21-3)24-12-11-23-18(26)17-7-6-10-22-14-17;/h6-7,10,14,16H,4-5,8-9,11-13,15H2,1-3H3,(H,23,26)(H2,21,24,25);1H. The van der Waals surface area contributed by atoms with Gasteiger partial charge in [-0.3, -0.25) is 14.8 Å². The Morgan fingerprint density at radius 2 is 1.93 bits per heavy atom. The van der Waals surface area contributed by atoms with Crippen LogP contribution in [0.15, 0.2) is 29.5 Å². The number of carbonyl (C=O) groups is 1. The van der Waals surface area contributed by atoms with Gasteiger partial charge in [0.15, 0.2) is 5.96 Å². The van der Waals surface area contributed by atoms with Crippen molar-refractivity contribution in [2.45, 2.75) is 46.0 Å². The number of carbonyl (C=O) groups excluding carboxylic acids is 1. The smallest absolute Gasteiger partial charge is 0.252 e. The zero-order valence-corrected chi connectivity index (χ0v) is 19.1. The molecule has 0 unspecified atom stereocenters. The number of guanidine groups is 1. The van der Waals surface area contributed by atoms with Gasteiger partial charge in [0.05, 0.1) is 5.56 Å². The van der Waals surface area contributed by atoms with Crippen molar-refractivity contribution >= 4 is 35.8 Å². The van der Waals surface area contributed by atoms with Crippen LogP contribution in [0.1, 0.15) is 56.3 Å². The SMILES string of the molecule is CN=C(NCCNC(=O)c1cccnc1)NCC1(CC(C)C)CCCC1.I. The second kappa shape index (κ2) is 12.2. The number of rotatable bonds is 8. The predicted octanol–water partition coefficient (Wildman–Crippen LogP) is 3.20. The van der Waals surface area contributed by atoms with Crippen LogP contribution < -0.4 is 16.0 Å². The number of aromatic nitrogens is 1. The van der Waals surface area contributed by atoms with E-state index in [0.717, 1.165) is 12.5 Å². The molecule has 0 saturated heterocycles. The Hall–Kier alpha value is -1.38. The first-order valence-electron chi connectivity index (χ1n) is 9.67. The minimum absolute atomic E-state index is 0. The maximum absolute atomic E-state index is 12.0. The lowest BCUT2D eigenvalue weighted by Gasteiger charge is -2.31. The van der Waals surface area contributed by atoms with Gasteiger partial charge < -0.3 is 16.0 Å². The highest BCUT2D eigenvalue weighted by molar-refractivity contribution is 14.0. The monoisotopic (exact) mass is 487 g/mol. The molecule has 3 N–H and O–H groups in total. The fourth-order valence-electron chi connectivity index (χ4n) is 3.89. The minimum Gasteiger partial charge on any atom is -0.356 e. The molecule has 1 fully saturated rings. The molecule has 152 valence electrons. The molecule has 1 heterocycles. The van der Waals surface area contributed by atoms with Gasteiger partial charge in [0.25, 0.3) is 5.91 Å². The third kappa shape index (κ3) is 8.02. The van der Waals surface area contributed by atoms with Gasteiger partial charge in [0.2, 0.25) is 0 Å². The molecule has 27 heavy (non-hydrogen) atoms. The summed E-state index contributed by atoms with van der Waals surface area (Å²) in [6.07, 6.45) is 9.76. The molecule has 0 bridgehead atoms. The molecular weight excluding hydrogens is 453 g/mol. The third-order valence-corrected chi connectivity index (χ3v) is 4.99. The van der Waals surface area contributed by atoms with Crippen LogP contribution in [0, 0.1) is 11.3 Å². The van der Waals surface area contributed by atoms with Gasteiger partial charge in [-0.15, -0.1) is 24.0 Å². The Labute approximate surface area is 180 Å². The molecule has 0 spiro atoms. The molecule has 7 heteroatoms. The first-order chi connectivity index (χ1) is 12.5. The van der Waals surface area contributed by atoms with Gasteiger partial charge in [0.1, 0.15) is 0 Å². The first kappa shape index (κ1) is 23.7. The zero-order valence-electron chi connectivity index (χ0n) is 16.8. The number of hydrogen-bond donors (Lipinski definition) is 3. The molecule has 1 aliphatic rings. The van der Waals surface area contributed by atoms with Crippen LogP contribution in [0.2, 0.25) is 0 Å². The predicted molar refractivity (Wildman–Crippen MR) is 122 cm³/mol. The summed E-state index contributed by atoms with van der Waals surface area (Å²) in [5, 5.41) is 9.66. The van der Waals surface area contributed by atoms with Crippen LogP contribution in [0.5, 0.6) is 0 Å². The maximum atomic E-state index is 12.0. The fraction of sp³-hybridized carbons (Fsp3) is 0.650. The fourth-order valence-corrected chi connectivity index (χ4v) is 3.89. The lowest BCUT2D eigenvalue weighted by Crippen LogP contribution is -2.45. The summed E-state index contributed by atoms with van der Waals surface area (Å²) in [5.41, 5.74) is 0.979. The summed E-state index contributed by atoms with van der Waals surface area (Å²) >= 11 is 0. The maximum Gasteiger partial charge on any atom is 0.252 e. The van der Waals surface area contributed by atoms with Crippen LogP contribution in [-0.4, -0.2) is 43.5 Å². The van der Waals surface area contributed by atoms with Gasteiger partial charge >= 0.3 is 0 Å². The molecule has 1 saturated carbocycles. The number of pyridine rings is 1. The molecule has 6 nitrogen and oxygen atoms in total. The molecule has 1 amide bonds. The first-order valence-corrected chi connectivity index (χ1v) is 9.67. The van der Waals surface area contributed by atoms with Gasteiger partial charge in [0, 0.05) is 39.1 Å². The minimum atomic E-state index is -0.107. The Morgan fingerprint density at radius 1 is 1.22 bits per heavy atom. The molecule has 1 aliphatic carbocycles. The van der Waals surface area contributed by atoms with Gasteiger partial charge in [-0.2, -0.15) is 0 Å². The van der Waals surface area contributed by atoms with Crippen molar-refractivity contribution in [1.29, 1.82) is 0 Å². The lowest BCUT2D eigenvalue weighted by molar-refractivity contribution is 0.0954. The van der Waals surface area contributed by atoms with E-state index in [1.807, 2.05) is 0 Å². The molecule has 0 atom stereocenters. The number of amides is 1. The normalized spacial score (nSPS) is 15.9. The van der Waals surface area contributed by atoms with Crippen molar-refractivity contribution in [2.24, 2.45) is 16.3 Å².